The first-order chi connectivity index (χ1) is 6.16. The van der Waals surface area contributed by atoms with Crippen LogP contribution in [0.4, 0.5) is 4.39 Å². The Morgan fingerprint density at radius 1 is 1.38 bits per heavy atom. The second-order valence-electron chi connectivity index (χ2n) is 3.60. The topological polar surface area (TPSA) is 20.2 Å². The molecule has 0 bridgehead atoms. The van der Waals surface area contributed by atoms with E-state index in [1.807, 2.05) is 6.07 Å². The Hall–Kier alpha value is -0.410. The van der Waals surface area contributed by atoms with Gasteiger partial charge in [-0.2, -0.15) is 0 Å². The van der Waals surface area contributed by atoms with Crippen molar-refractivity contribution in [3.63, 3.8) is 0 Å². The van der Waals surface area contributed by atoms with Crippen molar-refractivity contribution in [3.8, 4) is 0 Å². The van der Waals surface area contributed by atoms with Crippen molar-refractivity contribution in [1.82, 2.24) is 0 Å². The Morgan fingerprint density at radius 3 is 2.54 bits per heavy atom. The molecule has 1 aromatic carbocycles. The maximum atomic E-state index is 13.0. The quantitative estimate of drug-likeness (QED) is 0.849. The van der Waals surface area contributed by atoms with Crippen molar-refractivity contribution in [1.29, 1.82) is 0 Å². The molecule has 0 heterocycles. The predicted molar refractivity (Wildman–Crippen MR) is 52.1 cm³/mol. The van der Waals surface area contributed by atoms with Gasteiger partial charge in [-0.05, 0) is 36.6 Å². The Bertz CT molecular complexity index is 313. The van der Waals surface area contributed by atoms with Crippen LogP contribution in [-0.4, -0.2) is 11.7 Å². The molecule has 1 aliphatic rings. The summed E-state index contributed by atoms with van der Waals surface area (Å²) in [7, 11) is 0. The zero-order valence-electron chi connectivity index (χ0n) is 7.06. The van der Waals surface area contributed by atoms with Crippen LogP contribution >= 0.6 is 15.9 Å². The number of aliphatic hydroxyl groups is 1. The minimum atomic E-state index is -0.246. The normalized spacial score (nSPS) is 18.7. The maximum absolute atomic E-state index is 13.0. The SMILES string of the molecule is OCC1(c2cc(F)cc(Br)c2)CC1. The summed E-state index contributed by atoms with van der Waals surface area (Å²) in [5.74, 6) is -0.246. The average Bonchev–Trinajstić information content (AvgIpc) is 2.82. The van der Waals surface area contributed by atoms with Crippen molar-refractivity contribution >= 4 is 15.9 Å². The summed E-state index contributed by atoms with van der Waals surface area (Å²) in [4.78, 5) is 0. The van der Waals surface area contributed by atoms with Crippen LogP contribution in [0.15, 0.2) is 22.7 Å². The smallest absolute Gasteiger partial charge is 0.124 e. The molecule has 0 atom stereocenters. The summed E-state index contributed by atoms with van der Waals surface area (Å²) in [6.45, 7) is 0.114. The van der Waals surface area contributed by atoms with Crippen molar-refractivity contribution in [2.24, 2.45) is 0 Å². The lowest BCUT2D eigenvalue weighted by Gasteiger charge is -2.12. The Morgan fingerprint density at radius 2 is 2.08 bits per heavy atom. The summed E-state index contributed by atoms with van der Waals surface area (Å²) < 4.78 is 13.7. The van der Waals surface area contributed by atoms with Crippen molar-refractivity contribution in [2.75, 3.05) is 6.61 Å². The molecule has 1 aliphatic carbocycles. The highest BCUT2D eigenvalue weighted by Crippen LogP contribution is 2.48. The van der Waals surface area contributed by atoms with Gasteiger partial charge in [0.25, 0.3) is 0 Å². The molecule has 1 N–H and O–H groups in total. The van der Waals surface area contributed by atoms with E-state index in [9.17, 15) is 4.39 Å². The molecule has 2 rings (SSSR count). The van der Waals surface area contributed by atoms with Crippen LogP contribution in [-0.2, 0) is 5.41 Å². The number of benzene rings is 1. The fourth-order valence-corrected chi connectivity index (χ4v) is 2.01. The number of hydrogen-bond donors (Lipinski definition) is 1. The molecule has 0 aliphatic heterocycles. The highest BCUT2D eigenvalue weighted by Gasteiger charge is 2.43. The van der Waals surface area contributed by atoms with E-state index in [-0.39, 0.29) is 17.8 Å². The first-order valence-corrected chi connectivity index (χ1v) is 5.03. The van der Waals surface area contributed by atoms with Crippen molar-refractivity contribution in [2.45, 2.75) is 18.3 Å². The van der Waals surface area contributed by atoms with Crippen LogP contribution in [0.5, 0.6) is 0 Å². The second-order valence-corrected chi connectivity index (χ2v) is 4.51. The van der Waals surface area contributed by atoms with Gasteiger partial charge >= 0.3 is 0 Å². The Balaban J connectivity index is 2.40. The van der Waals surface area contributed by atoms with Gasteiger partial charge in [-0.1, -0.05) is 15.9 Å². The van der Waals surface area contributed by atoms with Crippen molar-refractivity contribution in [3.05, 3.63) is 34.1 Å². The predicted octanol–water partition coefficient (Wildman–Crippen LogP) is 2.61. The summed E-state index contributed by atoms with van der Waals surface area (Å²) >= 11 is 3.24. The highest BCUT2D eigenvalue weighted by molar-refractivity contribution is 9.10. The van der Waals surface area contributed by atoms with Gasteiger partial charge in [-0.15, -0.1) is 0 Å². The summed E-state index contributed by atoms with van der Waals surface area (Å²) in [6.07, 6.45) is 1.92. The van der Waals surface area contributed by atoms with E-state index in [0.717, 1.165) is 22.9 Å². The van der Waals surface area contributed by atoms with Crippen molar-refractivity contribution < 1.29 is 9.50 Å². The molecule has 0 radical (unpaired) electrons. The molecule has 0 spiro atoms. The van der Waals surface area contributed by atoms with Gasteiger partial charge in [-0.25, -0.2) is 4.39 Å². The molecule has 0 saturated heterocycles. The summed E-state index contributed by atoms with van der Waals surface area (Å²) in [5.41, 5.74) is 0.756. The summed E-state index contributed by atoms with van der Waals surface area (Å²) in [5, 5.41) is 9.15. The zero-order valence-corrected chi connectivity index (χ0v) is 8.64. The van der Waals surface area contributed by atoms with Crippen LogP contribution < -0.4 is 0 Å². The largest absolute Gasteiger partial charge is 0.395 e. The lowest BCUT2D eigenvalue weighted by molar-refractivity contribution is 0.255. The van der Waals surface area contributed by atoms with Crippen LogP contribution in [0, 0.1) is 5.82 Å². The summed E-state index contributed by atoms with van der Waals surface area (Å²) in [6, 6.07) is 4.82. The number of halogens is 2. The van der Waals surface area contributed by atoms with Gasteiger partial charge in [0.2, 0.25) is 0 Å². The van der Waals surface area contributed by atoms with Gasteiger partial charge in [0.1, 0.15) is 5.82 Å². The van der Waals surface area contributed by atoms with Crippen LogP contribution in [0.25, 0.3) is 0 Å². The first kappa shape index (κ1) is 9.16. The van der Waals surface area contributed by atoms with E-state index in [2.05, 4.69) is 15.9 Å². The molecule has 1 fully saturated rings. The van der Waals surface area contributed by atoms with E-state index in [1.54, 1.807) is 0 Å². The molecule has 0 aromatic heterocycles. The number of rotatable bonds is 2. The van der Waals surface area contributed by atoms with E-state index in [1.165, 1.54) is 12.1 Å². The minimum Gasteiger partial charge on any atom is -0.395 e. The average molecular weight is 245 g/mol. The maximum Gasteiger partial charge on any atom is 0.124 e. The standard InChI is InChI=1S/C10H10BrFO/c11-8-3-7(4-9(12)5-8)10(6-13)1-2-10/h3-5,13H,1-2,6H2. The first-order valence-electron chi connectivity index (χ1n) is 4.24. The van der Waals surface area contributed by atoms with Crippen LogP contribution in [0.3, 0.4) is 0 Å². The molecule has 1 aromatic rings. The van der Waals surface area contributed by atoms with Gasteiger partial charge in [-0.3, -0.25) is 0 Å². The molecule has 1 nitrogen and oxygen atoms in total. The van der Waals surface area contributed by atoms with Crippen LogP contribution in [0.2, 0.25) is 0 Å². The fourth-order valence-electron chi connectivity index (χ4n) is 1.55. The molecule has 0 unspecified atom stereocenters. The van der Waals surface area contributed by atoms with Gasteiger partial charge in [0.05, 0.1) is 6.61 Å². The zero-order chi connectivity index (χ0) is 9.47. The molecule has 70 valence electrons. The molecular formula is C10H10BrFO. The lowest BCUT2D eigenvalue weighted by atomic mass is 9.97. The molecule has 13 heavy (non-hydrogen) atoms. The third-order valence-electron chi connectivity index (χ3n) is 2.63. The second kappa shape index (κ2) is 3.07. The Labute approximate surface area is 84.7 Å². The molecule has 1 saturated carbocycles. The van der Waals surface area contributed by atoms with E-state index in [0.29, 0.717) is 0 Å². The van der Waals surface area contributed by atoms with Gasteiger partial charge in [0.15, 0.2) is 0 Å². The highest BCUT2D eigenvalue weighted by atomic mass is 79.9. The molecular weight excluding hydrogens is 235 g/mol. The van der Waals surface area contributed by atoms with Gasteiger partial charge in [0, 0.05) is 9.89 Å². The van der Waals surface area contributed by atoms with Gasteiger partial charge < -0.3 is 5.11 Å². The monoisotopic (exact) mass is 244 g/mol. The van der Waals surface area contributed by atoms with E-state index in [4.69, 9.17) is 5.11 Å². The number of hydrogen-bond acceptors (Lipinski definition) is 1. The minimum absolute atomic E-state index is 0.114. The number of aliphatic hydroxyl groups excluding tert-OH is 1. The third-order valence-corrected chi connectivity index (χ3v) is 3.09. The molecule has 3 heteroatoms. The third kappa shape index (κ3) is 1.63. The lowest BCUT2D eigenvalue weighted by Crippen LogP contribution is -2.11. The Kier molecular flexibility index (Phi) is 2.16. The van der Waals surface area contributed by atoms with E-state index < -0.39 is 0 Å². The van der Waals surface area contributed by atoms with E-state index >= 15 is 0 Å². The van der Waals surface area contributed by atoms with Crippen LogP contribution in [0.1, 0.15) is 18.4 Å². The molecule has 0 amide bonds. The fraction of sp³-hybridized carbons (Fsp3) is 0.400.